The van der Waals surface area contributed by atoms with Gasteiger partial charge in [0, 0.05) is 31.7 Å². The fourth-order valence-corrected chi connectivity index (χ4v) is 2.40. The maximum absolute atomic E-state index is 3.68. The summed E-state index contributed by atoms with van der Waals surface area (Å²) in [5.74, 6) is 1.00. The van der Waals surface area contributed by atoms with Gasteiger partial charge in [-0.3, -0.25) is 0 Å². The van der Waals surface area contributed by atoms with E-state index in [0.29, 0.717) is 11.5 Å². The van der Waals surface area contributed by atoms with Crippen LogP contribution in [0, 0.1) is 11.3 Å². The Morgan fingerprint density at radius 3 is 2.29 bits per heavy atom. The first kappa shape index (κ1) is 13.4. The van der Waals surface area contributed by atoms with Crippen molar-refractivity contribution in [2.75, 3.05) is 19.6 Å². The molecule has 2 heteroatoms. The zero-order chi connectivity index (χ0) is 12.5. The quantitative estimate of drug-likeness (QED) is 0.699. The molecule has 0 amide bonds. The highest BCUT2D eigenvalue weighted by atomic mass is 15.2. The number of hydrogen-bond acceptors (Lipinski definition) is 2. The number of rotatable bonds is 8. The molecule has 0 bridgehead atoms. The van der Waals surface area contributed by atoms with Crippen molar-refractivity contribution in [2.45, 2.75) is 65.5 Å². The molecule has 0 aromatic carbocycles. The summed E-state index contributed by atoms with van der Waals surface area (Å²) in [7, 11) is 0. The van der Waals surface area contributed by atoms with Crippen molar-refractivity contribution in [3.05, 3.63) is 0 Å². The Morgan fingerprint density at radius 1 is 1.18 bits per heavy atom. The SMILES string of the molecule is CC(C)N(CC1CC1)CC(C)(C)CNC1CC1. The van der Waals surface area contributed by atoms with Crippen LogP contribution in [0.4, 0.5) is 0 Å². The maximum Gasteiger partial charge on any atom is 0.00684 e. The van der Waals surface area contributed by atoms with E-state index in [0.717, 1.165) is 12.0 Å². The molecule has 0 saturated heterocycles. The molecule has 0 radical (unpaired) electrons. The predicted molar refractivity (Wildman–Crippen MR) is 74.2 cm³/mol. The van der Waals surface area contributed by atoms with Crippen molar-refractivity contribution in [2.24, 2.45) is 11.3 Å². The van der Waals surface area contributed by atoms with E-state index in [2.05, 4.69) is 37.9 Å². The first-order chi connectivity index (χ1) is 7.96. The Bertz CT molecular complexity index is 239. The lowest BCUT2D eigenvalue weighted by Crippen LogP contribution is -2.44. The van der Waals surface area contributed by atoms with Crippen molar-refractivity contribution in [1.29, 1.82) is 0 Å². The minimum absolute atomic E-state index is 0.405. The van der Waals surface area contributed by atoms with Gasteiger partial charge in [0.1, 0.15) is 0 Å². The van der Waals surface area contributed by atoms with Gasteiger partial charge in [-0.05, 0) is 50.9 Å². The van der Waals surface area contributed by atoms with Crippen molar-refractivity contribution in [1.82, 2.24) is 10.2 Å². The van der Waals surface area contributed by atoms with Gasteiger partial charge in [-0.25, -0.2) is 0 Å². The Kier molecular flexibility index (Phi) is 4.14. The topological polar surface area (TPSA) is 15.3 Å². The van der Waals surface area contributed by atoms with Gasteiger partial charge in [0.15, 0.2) is 0 Å². The van der Waals surface area contributed by atoms with E-state index in [1.165, 1.54) is 45.3 Å². The van der Waals surface area contributed by atoms with Gasteiger partial charge in [0.2, 0.25) is 0 Å². The van der Waals surface area contributed by atoms with E-state index >= 15 is 0 Å². The van der Waals surface area contributed by atoms with Crippen LogP contribution in [0.15, 0.2) is 0 Å². The van der Waals surface area contributed by atoms with Crippen LogP contribution in [0.3, 0.4) is 0 Å². The third kappa shape index (κ3) is 4.97. The molecule has 0 aliphatic heterocycles. The molecular weight excluding hydrogens is 208 g/mol. The van der Waals surface area contributed by atoms with Crippen molar-refractivity contribution < 1.29 is 0 Å². The highest BCUT2D eigenvalue weighted by Gasteiger charge is 2.30. The van der Waals surface area contributed by atoms with Gasteiger partial charge in [-0.15, -0.1) is 0 Å². The van der Waals surface area contributed by atoms with Gasteiger partial charge in [0.05, 0.1) is 0 Å². The van der Waals surface area contributed by atoms with Crippen LogP contribution in [0.5, 0.6) is 0 Å². The highest BCUT2D eigenvalue weighted by Crippen LogP contribution is 2.31. The normalized spacial score (nSPS) is 21.5. The van der Waals surface area contributed by atoms with Gasteiger partial charge in [-0.2, -0.15) is 0 Å². The molecule has 0 spiro atoms. The van der Waals surface area contributed by atoms with Crippen LogP contribution in [-0.4, -0.2) is 36.6 Å². The van der Waals surface area contributed by atoms with E-state index in [1.54, 1.807) is 0 Å². The molecule has 0 aromatic heterocycles. The molecule has 17 heavy (non-hydrogen) atoms. The van der Waals surface area contributed by atoms with Gasteiger partial charge in [0.25, 0.3) is 0 Å². The Morgan fingerprint density at radius 2 is 1.82 bits per heavy atom. The molecule has 2 aliphatic rings. The lowest BCUT2D eigenvalue weighted by atomic mass is 9.92. The van der Waals surface area contributed by atoms with Gasteiger partial charge in [-0.1, -0.05) is 13.8 Å². The largest absolute Gasteiger partial charge is 0.313 e. The lowest BCUT2D eigenvalue weighted by Gasteiger charge is -2.35. The molecule has 0 unspecified atom stereocenters. The van der Waals surface area contributed by atoms with E-state index in [-0.39, 0.29) is 0 Å². The highest BCUT2D eigenvalue weighted by molar-refractivity contribution is 4.87. The fourth-order valence-electron chi connectivity index (χ4n) is 2.40. The Balaban J connectivity index is 1.76. The first-order valence-electron chi connectivity index (χ1n) is 7.44. The second-order valence-electron chi connectivity index (χ2n) is 7.29. The lowest BCUT2D eigenvalue weighted by molar-refractivity contribution is 0.136. The Hall–Kier alpha value is -0.0800. The summed E-state index contributed by atoms with van der Waals surface area (Å²) in [6, 6.07) is 1.53. The van der Waals surface area contributed by atoms with Gasteiger partial charge < -0.3 is 10.2 Å². The van der Waals surface area contributed by atoms with Crippen LogP contribution in [0.1, 0.15) is 53.4 Å². The molecule has 2 rings (SSSR count). The molecule has 0 heterocycles. The maximum atomic E-state index is 3.68. The molecule has 2 fully saturated rings. The van der Waals surface area contributed by atoms with Gasteiger partial charge >= 0.3 is 0 Å². The monoisotopic (exact) mass is 238 g/mol. The third-order valence-electron chi connectivity index (χ3n) is 4.00. The minimum atomic E-state index is 0.405. The summed E-state index contributed by atoms with van der Waals surface area (Å²) in [6.07, 6.45) is 5.71. The molecule has 2 saturated carbocycles. The minimum Gasteiger partial charge on any atom is -0.313 e. The van der Waals surface area contributed by atoms with E-state index in [1.807, 2.05) is 0 Å². The second-order valence-corrected chi connectivity index (χ2v) is 7.29. The summed E-state index contributed by atoms with van der Waals surface area (Å²) in [4.78, 5) is 2.69. The van der Waals surface area contributed by atoms with E-state index in [4.69, 9.17) is 0 Å². The molecule has 0 aromatic rings. The van der Waals surface area contributed by atoms with E-state index < -0.39 is 0 Å². The average molecular weight is 238 g/mol. The third-order valence-corrected chi connectivity index (χ3v) is 4.00. The van der Waals surface area contributed by atoms with Crippen molar-refractivity contribution in [3.63, 3.8) is 0 Å². The second kappa shape index (κ2) is 5.27. The summed E-state index contributed by atoms with van der Waals surface area (Å²) < 4.78 is 0. The average Bonchev–Trinajstić information content (AvgIpc) is 3.09. The smallest absolute Gasteiger partial charge is 0.00684 e. The molecule has 2 nitrogen and oxygen atoms in total. The molecule has 1 N–H and O–H groups in total. The van der Waals surface area contributed by atoms with Crippen LogP contribution in [-0.2, 0) is 0 Å². The summed E-state index contributed by atoms with van der Waals surface area (Å²) >= 11 is 0. The summed E-state index contributed by atoms with van der Waals surface area (Å²) in [5, 5.41) is 3.68. The molecule has 2 aliphatic carbocycles. The number of hydrogen-bond donors (Lipinski definition) is 1. The van der Waals surface area contributed by atoms with Crippen molar-refractivity contribution >= 4 is 0 Å². The van der Waals surface area contributed by atoms with Crippen LogP contribution in [0.2, 0.25) is 0 Å². The summed E-state index contributed by atoms with van der Waals surface area (Å²) in [6.45, 7) is 13.2. The summed E-state index contributed by atoms with van der Waals surface area (Å²) in [5.41, 5.74) is 0.405. The number of nitrogens with one attached hydrogen (secondary N) is 1. The standard InChI is InChI=1S/C15H30N2/c1-12(2)17(9-13-5-6-13)11-15(3,4)10-16-14-7-8-14/h12-14,16H,5-11H2,1-4H3. The first-order valence-corrected chi connectivity index (χ1v) is 7.44. The molecule has 0 atom stereocenters. The van der Waals surface area contributed by atoms with Crippen LogP contribution in [0.25, 0.3) is 0 Å². The zero-order valence-electron chi connectivity index (χ0n) is 12.1. The van der Waals surface area contributed by atoms with Crippen molar-refractivity contribution in [3.8, 4) is 0 Å². The predicted octanol–water partition coefficient (Wildman–Crippen LogP) is 2.89. The molecular formula is C15H30N2. The van der Waals surface area contributed by atoms with E-state index in [9.17, 15) is 0 Å². The molecule has 100 valence electrons. The number of nitrogens with zero attached hydrogens (tertiary/aromatic N) is 1. The van der Waals surface area contributed by atoms with Crippen LogP contribution >= 0.6 is 0 Å². The van der Waals surface area contributed by atoms with Crippen LogP contribution < -0.4 is 5.32 Å². The fraction of sp³-hybridized carbons (Fsp3) is 1.00. The Labute approximate surface area is 107 Å². The zero-order valence-corrected chi connectivity index (χ0v) is 12.1.